The van der Waals surface area contributed by atoms with Crippen LogP contribution < -0.4 is 5.32 Å². The summed E-state index contributed by atoms with van der Waals surface area (Å²) < 4.78 is 0. The summed E-state index contributed by atoms with van der Waals surface area (Å²) in [4.78, 5) is 0. The predicted octanol–water partition coefficient (Wildman–Crippen LogP) is 2.81. The highest BCUT2D eigenvalue weighted by atomic mass is 14.8. The van der Waals surface area contributed by atoms with Crippen LogP contribution in [0.5, 0.6) is 0 Å². The van der Waals surface area contributed by atoms with E-state index in [4.69, 9.17) is 0 Å². The average Bonchev–Trinajstić information content (AvgIpc) is 1.85. The van der Waals surface area contributed by atoms with Crippen LogP contribution in [-0.4, -0.2) is 0 Å². The van der Waals surface area contributed by atoms with Gasteiger partial charge in [-0.1, -0.05) is 25.5 Å². The zero-order valence-electron chi connectivity index (χ0n) is 7.20. The Hall–Kier alpha value is -0.720. The van der Waals surface area contributed by atoms with Crippen LogP contribution in [0.4, 0.5) is 0 Å². The van der Waals surface area contributed by atoms with Gasteiger partial charge in [0.05, 0.1) is 0 Å². The molecule has 1 heteroatoms. The lowest BCUT2D eigenvalue weighted by atomic mass is 10.2. The van der Waals surface area contributed by atoms with E-state index >= 15 is 0 Å². The molecule has 0 saturated carbocycles. The fraction of sp³-hybridized carbons (Fsp3) is 0.556. The minimum absolute atomic E-state index is 0.996. The van der Waals surface area contributed by atoms with E-state index in [0.29, 0.717) is 0 Å². The smallest absolute Gasteiger partial charge is 0.00420 e. The van der Waals surface area contributed by atoms with Gasteiger partial charge in [-0.2, -0.15) is 0 Å². The highest BCUT2D eigenvalue weighted by molar-refractivity contribution is 5.01. The molecule has 0 aliphatic heterocycles. The van der Waals surface area contributed by atoms with Crippen molar-refractivity contribution in [3.8, 4) is 0 Å². The summed E-state index contributed by atoms with van der Waals surface area (Å²) in [5.74, 6) is 0. The maximum atomic E-state index is 3.73. The van der Waals surface area contributed by atoms with Crippen LogP contribution in [0.3, 0.4) is 0 Å². The van der Waals surface area contributed by atoms with E-state index in [2.05, 4.69) is 25.7 Å². The Bertz CT molecular complexity index is 134. The number of rotatable bonds is 4. The molecule has 0 aromatic carbocycles. The molecule has 0 atom stereocenters. The Morgan fingerprint density at radius 2 is 2.10 bits per heavy atom. The third-order valence-corrected chi connectivity index (χ3v) is 1.21. The topological polar surface area (TPSA) is 12.0 Å². The zero-order valence-corrected chi connectivity index (χ0v) is 7.20. The van der Waals surface area contributed by atoms with Crippen molar-refractivity contribution < 1.29 is 0 Å². The Morgan fingerprint density at radius 1 is 1.50 bits per heavy atom. The molecular weight excluding hydrogens is 122 g/mol. The maximum absolute atomic E-state index is 3.73. The average molecular weight is 139 g/mol. The molecule has 0 heterocycles. The van der Waals surface area contributed by atoms with Gasteiger partial charge in [0, 0.05) is 5.70 Å². The molecule has 1 N–H and O–H groups in total. The summed E-state index contributed by atoms with van der Waals surface area (Å²) >= 11 is 0. The van der Waals surface area contributed by atoms with Gasteiger partial charge in [-0.3, -0.25) is 0 Å². The first-order valence-electron chi connectivity index (χ1n) is 3.74. The summed E-state index contributed by atoms with van der Waals surface area (Å²) in [6, 6.07) is 0. The third kappa shape index (κ3) is 5.42. The van der Waals surface area contributed by atoms with E-state index in [9.17, 15) is 0 Å². The monoisotopic (exact) mass is 139 g/mol. The van der Waals surface area contributed by atoms with Crippen LogP contribution in [0.15, 0.2) is 24.0 Å². The van der Waals surface area contributed by atoms with Crippen LogP contribution >= 0.6 is 0 Å². The second-order valence-corrected chi connectivity index (χ2v) is 2.67. The van der Waals surface area contributed by atoms with Gasteiger partial charge in [0.15, 0.2) is 0 Å². The van der Waals surface area contributed by atoms with Crippen molar-refractivity contribution in [1.82, 2.24) is 5.32 Å². The van der Waals surface area contributed by atoms with Crippen LogP contribution in [-0.2, 0) is 0 Å². The molecule has 1 nitrogen and oxygen atoms in total. The minimum Gasteiger partial charge on any atom is -0.366 e. The van der Waals surface area contributed by atoms with Gasteiger partial charge in [-0.05, 0) is 26.5 Å². The fourth-order valence-corrected chi connectivity index (χ4v) is 0.713. The van der Waals surface area contributed by atoms with E-state index in [1.165, 1.54) is 18.4 Å². The lowest BCUT2D eigenvalue weighted by Gasteiger charge is -2.00. The quantitative estimate of drug-likeness (QED) is 0.631. The SMILES string of the molecule is C=C(C)N/C=C(/C)CCC. The minimum atomic E-state index is 0.996. The molecule has 0 aromatic rings. The molecule has 0 aromatic heterocycles. The first-order chi connectivity index (χ1) is 4.66. The second kappa shape index (κ2) is 5.10. The predicted molar refractivity (Wildman–Crippen MR) is 46.6 cm³/mol. The summed E-state index contributed by atoms with van der Waals surface area (Å²) in [5, 5.41) is 3.07. The fourth-order valence-electron chi connectivity index (χ4n) is 0.713. The lowest BCUT2D eigenvalue weighted by Crippen LogP contribution is -2.00. The van der Waals surface area contributed by atoms with Crippen LogP contribution in [0.1, 0.15) is 33.6 Å². The van der Waals surface area contributed by atoms with Gasteiger partial charge in [0.25, 0.3) is 0 Å². The van der Waals surface area contributed by atoms with E-state index in [1.807, 2.05) is 13.1 Å². The Kier molecular flexibility index (Phi) is 4.73. The van der Waals surface area contributed by atoms with Crippen molar-refractivity contribution in [3.63, 3.8) is 0 Å². The van der Waals surface area contributed by atoms with Crippen molar-refractivity contribution in [2.75, 3.05) is 0 Å². The molecule has 0 saturated heterocycles. The lowest BCUT2D eigenvalue weighted by molar-refractivity contribution is 0.886. The third-order valence-electron chi connectivity index (χ3n) is 1.21. The second-order valence-electron chi connectivity index (χ2n) is 2.67. The van der Waals surface area contributed by atoms with Crippen LogP contribution in [0.25, 0.3) is 0 Å². The molecule has 0 unspecified atom stereocenters. The first kappa shape index (κ1) is 9.28. The van der Waals surface area contributed by atoms with Gasteiger partial charge in [0.1, 0.15) is 0 Å². The summed E-state index contributed by atoms with van der Waals surface area (Å²) in [7, 11) is 0. The largest absolute Gasteiger partial charge is 0.366 e. The van der Waals surface area contributed by atoms with E-state index in [-0.39, 0.29) is 0 Å². The van der Waals surface area contributed by atoms with E-state index in [0.717, 1.165) is 5.70 Å². The molecule has 0 aliphatic rings. The normalized spacial score (nSPS) is 11.3. The Balaban J connectivity index is 3.57. The zero-order chi connectivity index (χ0) is 7.98. The highest BCUT2D eigenvalue weighted by Gasteiger charge is 1.84. The number of hydrogen-bond acceptors (Lipinski definition) is 1. The summed E-state index contributed by atoms with van der Waals surface area (Å²) in [6.45, 7) is 9.99. The van der Waals surface area contributed by atoms with Gasteiger partial charge < -0.3 is 5.32 Å². The molecule has 10 heavy (non-hydrogen) atoms. The molecule has 0 aliphatic carbocycles. The maximum Gasteiger partial charge on any atom is 0.00420 e. The molecule has 0 radical (unpaired) electrons. The molecule has 0 spiro atoms. The van der Waals surface area contributed by atoms with Crippen LogP contribution in [0.2, 0.25) is 0 Å². The standard InChI is InChI=1S/C9H17N/c1-5-6-9(4)7-10-8(2)3/h7,10H,2,5-6H2,1,3-4H3/b9-7-. The molecule has 0 amide bonds. The number of nitrogens with one attached hydrogen (secondary N) is 1. The molecule has 0 bridgehead atoms. The Morgan fingerprint density at radius 3 is 2.50 bits per heavy atom. The van der Waals surface area contributed by atoms with Crippen molar-refractivity contribution >= 4 is 0 Å². The van der Waals surface area contributed by atoms with Gasteiger partial charge >= 0.3 is 0 Å². The summed E-state index contributed by atoms with van der Waals surface area (Å²) in [5.41, 5.74) is 2.38. The van der Waals surface area contributed by atoms with Crippen LogP contribution in [0, 0.1) is 0 Å². The number of hydrogen-bond donors (Lipinski definition) is 1. The van der Waals surface area contributed by atoms with Gasteiger partial charge in [-0.25, -0.2) is 0 Å². The van der Waals surface area contributed by atoms with Crippen molar-refractivity contribution in [2.24, 2.45) is 0 Å². The van der Waals surface area contributed by atoms with E-state index < -0.39 is 0 Å². The molecule has 0 fully saturated rings. The van der Waals surface area contributed by atoms with Gasteiger partial charge in [-0.15, -0.1) is 0 Å². The summed E-state index contributed by atoms with van der Waals surface area (Å²) in [6.07, 6.45) is 4.40. The molecule has 58 valence electrons. The first-order valence-corrected chi connectivity index (χ1v) is 3.74. The molecule has 0 rings (SSSR count). The van der Waals surface area contributed by atoms with E-state index in [1.54, 1.807) is 0 Å². The molecular formula is C9H17N. The number of allylic oxidation sites excluding steroid dienone is 2. The highest BCUT2D eigenvalue weighted by Crippen LogP contribution is 2.00. The van der Waals surface area contributed by atoms with Crippen molar-refractivity contribution in [2.45, 2.75) is 33.6 Å². The Labute approximate surface area is 63.8 Å². The van der Waals surface area contributed by atoms with Crippen molar-refractivity contribution in [1.29, 1.82) is 0 Å². The van der Waals surface area contributed by atoms with Crippen molar-refractivity contribution in [3.05, 3.63) is 24.0 Å². The van der Waals surface area contributed by atoms with Gasteiger partial charge in [0.2, 0.25) is 0 Å².